The number of hydrogen-bond donors (Lipinski definition) is 1. The number of ether oxygens (including phenoxy) is 1. The predicted octanol–water partition coefficient (Wildman–Crippen LogP) is 1.69. The highest BCUT2D eigenvalue weighted by molar-refractivity contribution is 5.52. The zero-order valence-corrected chi connectivity index (χ0v) is 13.2. The highest BCUT2D eigenvalue weighted by Gasteiger charge is 2.22. The van der Waals surface area contributed by atoms with E-state index in [2.05, 4.69) is 25.1 Å². The van der Waals surface area contributed by atoms with E-state index in [-0.39, 0.29) is 0 Å². The summed E-state index contributed by atoms with van der Waals surface area (Å²) in [7, 11) is 1.76. The summed E-state index contributed by atoms with van der Waals surface area (Å²) < 4.78 is 5.14. The lowest BCUT2D eigenvalue weighted by Crippen LogP contribution is -2.25. The van der Waals surface area contributed by atoms with Gasteiger partial charge < -0.3 is 9.64 Å². The van der Waals surface area contributed by atoms with Gasteiger partial charge in [0, 0.05) is 32.1 Å². The van der Waals surface area contributed by atoms with Crippen molar-refractivity contribution < 1.29 is 4.74 Å². The van der Waals surface area contributed by atoms with Crippen LogP contribution in [-0.2, 0) is 11.2 Å². The number of aryl methyl sites for hydroxylation is 1. The second-order valence-corrected chi connectivity index (χ2v) is 5.98. The molecule has 0 radical (unpaired) electrons. The first-order valence-electron chi connectivity index (χ1n) is 7.79. The molecule has 3 heterocycles. The van der Waals surface area contributed by atoms with E-state index in [1.165, 1.54) is 6.42 Å². The van der Waals surface area contributed by atoms with Crippen molar-refractivity contribution in [2.75, 3.05) is 33.4 Å². The number of nitrogens with one attached hydrogen (secondary N) is 1. The van der Waals surface area contributed by atoms with Crippen LogP contribution in [-0.4, -0.2) is 58.4 Å². The molecule has 1 N–H and O–H groups in total. The van der Waals surface area contributed by atoms with Crippen molar-refractivity contribution in [2.45, 2.75) is 19.8 Å². The van der Waals surface area contributed by atoms with Gasteiger partial charge in [0.1, 0.15) is 11.4 Å². The SMILES string of the molecule is COCCN1CC[C@@H](Cc2cnc(-c3cc(C)[nH]n3)cn2)C1. The molecular formula is C16H23N5O. The number of rotatable bonds is 6. The molecule has 6 nitrogen and oxygen atoms in total. The fourth-order valence-electron chi connectivity index (χ4n) is 2.94. The minimum Gasteiger partial charge on any atom is -0.383 e. The van der Waals surface area contributed by atoms with Crippen LogP contribution in [0.25, 0.3) is 11.4 Å². The molecule has 0 spiro atoms. The van der Waals surface area contributed by atoms with Crippen LogP contribution in [0.1, 0.15) is 17.8 Å². The smallest absolute Gasteiger partial charge is 0.112 e. The molecule has 22 heavy (non-hydrogen) atoms. The molecule has 0 bridgehead atoms. The summed E-state index contributed by atoms with van der Waals surface area (Å²) in [5.41, 5.74) is 3.77. The van der Waals surface area contributed by atoms with Gasteiger partial charge in [-0.25, -0.2) is 0 Å². The third-order valence-corrected chi connectivity index (χ3v) is 4.15. The first-order valence-corrected chi connectivity index (χ1v) is 7.79. The fourth-order valence-corrected chi connectivity index (χ4v) is 2.94. The minimum atomic E-state index is 0.671. The molecule has 1 aliphatic heterocycles. The first kappa shape index (κ1) is 15.1. The average Bonchev–Trinajstić information content (AvgIpc) is 3.15. The van der Waals surface area contributed by atoms with Crippen molar-refractivity contribution in [1.82, 2.24) is 25.1 Å². The van der Waals surface area contributed by atoms with Crippen LogP contribution >= 0.6 is 0 Å². The van der Waals surface area contributed by atoms with Gasteiger partial charge in [-0.15, -0.1) is 0 Å². The van der Waals surface area contributed by atoms with E-state index in [1.54, 1.807) is 7.11 Å². The summed E-state index contributed by atoms with van der Waals surface area (Å²) in [5, 5.41) is 7.14. The van der Waals surface area contributed by atoms with E-state index >= 15 is 0 Å². The molecule has 0 saturated carbocycles. The molecule has 0 aromatic carbocycles. The quantitative estimate of drug-likeness (QED) is 0.879. The molecule has 0 amide bonds. The maximum Gasteiger partial charge on any atom is 0.112 e. The normalized spacial score (nSPS) is 18.9. The Bertz CT molecular complexity index is 595. The van der Waals surface area contributed by atoms with E-state index in [4.69, 9.17) is 4.74 Å². The topological polar surface area (TPSA) is 66.9 Å². The Balaban J connectivity index is 1.55. The first-order chi connectivity index (χ1) is 10.7. The number of likely N-dealkylation sites (tertiary alicyclic amines) is 1. The van der Waals surface area contributed by atoms with Gasteiger partial charge in [0.05, 0.1) is 18.5 Å². The maximum absolute atomic E-state index is 5.14. The van der Waals surface area contributed by atoms with E-state index < -0.39 is 0 Å². The van der Waals surface area contributed by atoms with E-state index in [0.717, 1.165) is 55.4 Å². The van der Waals surface area contributed by atoms with Crippen molar-refractivity contribution in [1.29, 1.82) is 0 Å². The van der Waals surface area contributed by atoms with Crippen molar-refractivity contribution in [2.24, 2.45) is 5.92 Å². The Labute approximate surface area is 130 Å². The van der Waals surface area contributed by atoms with E-state index in [0.29, 0.717) is 5.92 Å². The summed E-state index contributed by atoms with van der Waals surface area (Å²) in [5.74, 6) is 0.671. The second-order valence-electron chi connectivity index (χ2n) is 5.98. The molecule has 1 fully saturated rings. The largest absolute Gasteiger partial charge is 0.383 e. The fraction of sp³-hybridized carbons (Fsp3) is 0.562. The Morgan fingerprint density at radius 2 is 2.23 bits per heavy atom. The summed E-state index contributed by atoms with van der Waals surface area (Å²) in [6, 6.07) is 1.98. The van der Waals surface area contributed by atoms with Crippen LogP contribution in [0.2, 0.25) is 0 Å². The van der Waals surface area contributed by atoms with Crippen LogP contribution in [0.4, 0.5) is 0 Å². The summed E-state index contributed by atoms with van der Waals surface area (Å²) in [6.07, 6.45) is 5.93. The molecule has 1 aliphatic rings. The van der Waals surface area contributed by atoms with Crippen molar-refractivity contribution >= 4 is 0 Å². The van der Waals surface area contributed by atoms with E-state index in [1.807, 2.05) is 25.4 Å². The van der Waals surface area contributed by atoms with Gasteiger partial charge in [-0.3, -0.25) is 15.1 Å². The lowest BCUT2D eigenvalue weighted by Gasteiger charge is -2.15. The van der Waals surface area contributed by atoms with Gasteiger partial charge in [0.25, 0.3) is 0 Å². The number of aromatic amines is 1. The summed E-state index contributed by atoms with van der Waals surface area (Å²) in [4.78, 5) is 11.5. The number of nitrogens with zero attached hydrogens (tertiary/aromatic N) is 4. The lowest BCUT2D eigenvalue weighted by atomic mass is 10.0. The highest BCUT2D eigenvalue weighted by Crippen LogP contribution is 2.20. The Hall–Kier alpha value is -1.79. The average molecular weight is 301 g/mol. The van der Waals surface area contributed by atoms with Gasteiger partial charge in [-0.1, -0.05) is 0 Å². The predicted molar refractivity (Wildman–Crippen MR) is 84.5 cm³/mol. The molecule has 0 aliphatic carbocycles. The van der Waals surface area contributed by atoms with Gasteiger partial charge in [-0.05, 0) is 38.3 Å². The van der Waals surface area contributed by atoms with Crippen molar-refractivity contribution in [3.05, 3.63) is 29.8 Å². The van der Waals surface area contributed by atoms with Gasteiger partial charge in [0.15, 0.2) is 0 Å². The standard InChI is InChI=1S/C16H23N5O/c1-12-7-15(20-19-12)16-10-17-14(9-18-16)8-13-3-4-21(11-13)5-6-22-2/h7,9-10,13H,3-6,8,11H2,1-2H3,(H,19,20)/t13-/m0/s1. The molecule has 1 saturated heterocycles. The third kappa shape index (κ3) is 3.69. The number of methoxy groups -OCH3 is 1. The number of aromatic nitrogens is 4. The molecule has 6 heteroatoms. The van der Waals surface area contributed by atoms with Gasteiger partial charge >= 0.3 is 0 Å². The highest BCUT2D eigenvalue weighted by atomic mass is 16.5. The molecular weight excluding hydrogens is 278 g/mol. The lowest BCUT2D eigenvalue weighted by molar-refractivity contribution is 0.159. The van der Waals surface area contributed by atoms with Crippen LogP contribution in [0, 0.1) is 12.8 Å². The molecule has 0 unspecified atom stereocenters. The Kier molecular flexibility index (Phi) is 4.80. The molecule has 1 atom stereocenters. The van der Waals surface area contributed by atoms with Crippen LogP contribution in [0.5, 0.6) is 0 Å². The second kappa shape index (κ2) is 6.98. The van der Waals surface area contributed by atoms with Crippen molar-refractivity contribution in [3.8, 4) is 11.4 Å². The zero-order valence-electron chi connectivity index (χ0n) is 13.2. The molecule has 2 aromatic heterocycles. The molecule has 2 aromatic rings. The van der Waals surface area contributed by atoms with Crippen LogP contribution in [0.15, 0.2) is 18.5 Å². The van der Waals surface area contributed by atoms with Crippen molar-refractivity contribution in [3.63, 3.8) is 0 Å². The molecule has 3 rings (SSSR count). The summed E-state index contributed by atoms with van der Waals surface area (Å²) >= 11 is 0. The summed E-state index contributed by atoms with van der Waals surface area (Å²) in [6.45, 7) is 6.10. The van der Waals surface area contributed by atoms with E-state index in [9.17, 15) is 0 Å². The number of hydrogen-bond acceptors (Lipinski definition) is 5. The van der Waals surface area contributed by atoms with Crippen LogP contribution in [0.3, 0.4) is 0 Å². The third-order valence-electron chi connectivity index (χ3n) is 4.15. The Morgan fingerprint density at radius 1 is 1.32 bits per heavy atom. The number of H-pyrrole nitrogens is 1. The monoisotopic (exact) mass is 301 g/mol. The van der Waals surface area contributed by atoms with Gasteiger partial charge in [-0.2, -0.15) is 5.10 Å². The van der Waals surface area contributed by atoms with Crippen LogP contribution < -0.4 is 0 Å². The Morgan fingerprint density at radius 3 is 2.91 bits per heavy atom. The van der Waals surface area contributed by atoms with Gasteiger partial charge in [0.2, 0.25) is 0 Å². The zero-order chi connectivity index (χ0) is 15.4. The maximum atomic E-state index is 5.14. The minimum absolute atomic E-state index is 0.671. The molecule has 118 valence electrons.